The Morgan fingerprint density at radius 1 is 1.24 bits per heavy atom. The second-order valence-corrected chi connectivity index (χ2v) is 5.93. The summed E-state index contributed by atoms with van der Waals surface area (Å²) in [6.07, 6.45) is 7.96. The zero-order valence-electron chi connectivity index (χ0n) is 13.4. The largest absolute Gasteiger partial charge is 0.384 e. The maximum Gasteiger partial charge on any atom is 0.139 e. The van der Waals surface area contributed by atoms with Crippen LogP contribution in [0.25, 0.3) is 0 Å². The van der Waals surface area contributed by atoms with Crippen LogP contribution in [-0.4, -0.2) is 23.9 Å². The molecule has 0 unspecified atom stereocenters. The van der Waals surface area contributed by atoms with Gasteiger partial charge >= 0.3 is 0 Å². The Morgan fingerprint density at radius 2 is 1.90 bits per heavy atom. The number of nitrogens with zero attached hydrogens (tertiary/aromatic N) is 2. The monoisotopic (exact) mass is 288 g/mol. The van der Waals surface area contributed by atoms with Crippen molar-refractivity contribution in [2.75, 3.05) is 18.0 Å². The summed E-state index contributed by atoms with van der Waals surface area (Å²) in [7, 11) is 0. The van der Waals surface area contributed by atoms with Crippen LogP contribution in [0.3, 0.4) is 0 Å². The van der Waals surface area contributed by atoms with Gasteiger partial charge in [-0.2, -0.15) is 0 Å². The summed E-state index contributed by atoms with van der Waals surface area (Å²) in [5, 5.41) is 7.90. The number of nitrogens with two attached hydrogens (primary N) is 1. The van der Waals surface area contributed by atoms with Gasteiger partial charge in [-0.25, -0.2) is 4.98 Å². The number of aryl methyl sites for hydroxylation is 2. The Kier molecular flexibility index (Phi) is 5.59. The lowest BCUT2D eigenvalue weighted by atomic mass is 10.1. The number of nitrogens with one attached hydrogen (secondary N) is 1. The highest BCUT2D eigenvalue weighted by Gasteiger charge is 2.20. The molecule has 116 valence electrons. The molecule has 4 nitrogen and oxygen atoms in total. The number of fused-ring (bicyclic) bond motifs is 1. The van der Waals surface area contributed by atoms with Gasteiger partial charge in [-0.15, -0.1) is 0 Å². The highest BCUT2D eigenvalue weighted by atomic mass is 15.2. The SMILES string of the molecule is CCCCN(CCCC)c1nc2c(cc1C(=N)N)CCC2. The Balaban J connectivity index is 2.34. The molecule has 0 fully saturated rings. The lowest BCUT2D eigenvalue weighted by Crippen LogP contribution is -2.30. The van der Waals surface area contributed by atoms with Gasteiger partial charge < -0.3 is 10.6 Å². The predicted octanol–water partition coefficient (Wildman–Crippen LogP) is 3.26. The minimum atomic E-state index is 0.144. The number of aromatic nitrogens is 1. The summed E-state index contributed by atoms with van der Waals surface area (Å²) < 4.78 is 0. The standard InChI is InChI=1S/C17H28N4/c1-3-5-10-21(11-6-4-2)17-14(16(18)19)12-13-8-7-9-15(13)20-17/h12H,3-11H2,1-2H3,(H3,18,19). The molecule has 0 amide bonds. The third-order valence-electron chi connectivity index (χ3n) is 4.18. The number of hydrogen-bond acceptors (Lipinski definition) is 3. The molecule has 1 heterocycles. The number of unbranched alkanes of at least 4 members (excludes halogenated alkanes) is 2. The molecular weight excluding hydrogens is 260 g/mol. The summed E-state index contributed by atoms with van der Waals surface area (Å²) in [5.41, 5.74) is 9.15. The molecule has 4 heteroatoms. The first-order chi connectivity index (χ1) is 10.2. The van der Waals surface area contributed by atoms with Crippen molar-refractivity contribution in [3.05, 3.63) is 22.9 Å². The Morgan fingerprint density at radius 3 is 2.48 bits per heavy atom. The van der Waals surface area contributed by atoms with Crippen molar-refractivity contribution >= 4 is 11.7 Å². The van der Waals surface area contributed by atoms with Gasteiger partial charge in [-0.05, 0) is 43.7 Å². The molecule has 1 aromatic rings. The third-order valence-corrected chi connectivity index (χ3v) is 4.18. The normalized spacial score (nSPS) is 13.2. The number of anilines is 1. The van der Waals surface area contributed by atoms with Crippen LogP contribution in [-0.2, 0) is 12.8 Å². The maximum absolute atomic E-state index is 7.90. The zero-order chi connectivity index (χ0) is 15.2. The summed E-state index contributed by atoms with van der Waals surface area (Å²) >= 11 is 0. The maximum atomic E-state index is 7.90. The lowest BCUT2D eigenvalue weighted by Gasteiger charge is -2.26. The molecule has 1 aliphatic carbocycles. The molecule has 0 aliphatic heterocycles. The first-order valence-corrected chi connectivity index (χ1v) is 8.29. The molecule has 2 rings (SSSR count). The molecule has 21 heavy (non-hydrogen) atoms. The van der Waals surface area contributed by atoms with E-state index in [1.54, 1.807) is 0 Å². The average Bonchev–Trinajstić information content (AvgIpc) is 2.93. The van der Waals surface area contributed by atoms with Crippen LogP contribution in [0.5, 0.6) is 0 Å². The molecule has 0 atom stereocenters. The van der Waals surface area contributed by atoms with Crippen LogP contribution in [0.1, 0.15) is 62.8 Å². The number of rotatable bonds is 8. The molecule has 0 saturated heterocycles. The van der Waals surface area contributed by atoms with E-state index in [0.29, 0.717) is 0 Å². The van der Waals surface area contributed by atoms with Gasteiger partial charge in [0.2, 0.25) is 0 Å². The van der Waals surface area contributed by atoms with Gasteiger partial charge in [0.1, 0.15) is 11.7 Å². The van der Waals surface area contributed by atoms with E-state index in [-0.39, 0.29) is 5.84 Å². The van der Waals surface area contributed by atoms with Gasteiger partial charge in [0, 0.05) is 18.8 Å². The second kappa shape index (κ2) is 7.43. The van der Waals surface area contributed by atoms with Crippen LogP contribution in [0, 0.1) is 5.41 Å². The summed E-state index contributed by atoms with van der Waals surface area (Å²) in [5.74, 6) is 1.08. The van der Waals surface area contributed by atoms with Crippen LogP contribution < -0.4 is 10.6 Å². The molecule has 0 spiro atoms. The summed E-state index contributed by atoms with van der Waals surface area (Å²) in [4.78, 5) is 7.22. The molecule has 3 N–H and O–H groups in total. The average molecular weight is 288 g/mol. The Bertz CT molecular complexity index is 488. The first kappa shape index (κ1) is 15.8. The molecule has 1 aliphatic rings. The van der Waals surface area contributed by atoms with Crippen molar-refractivity contribution in [1.29, 1.82) is 5.41 Å². The molecule has 0 radical (unpaired) electrons. The highest BCUT2D eigenvalue weighted by Crippen LogP contribution is 2.27. The number of amidine groups is 1. The van der Waals surface area contributed by atoms with Crippen LogP contribution in [0.15, 0.2) is 6.07 Å². The van der Waals surface area contributed by atoms with Gasteiger partial charge in [0.05, 0.1) is 5.56 Å². The van der Waals surface area contributed by atoms with Crippen LogP contribution >= 0.6 is 0 Å². The van der Waals surface area contributed by atoms with E-state index in [4.69, 9.17) is 16.1 Å². The zero-order valence-corrected chi connectivity index (χ0v) is 13.4. The van der Waals surface area contributed by atoms with Crippen molar-refractivity contribution in [1.82, 2.24) is 4.98 Å². The minimum absolute atomic E-state index is 0.144. The van der Waals surface area contributed by atoms with Gasteiger partial charge in [-0.1, -0.05) is 26.7 Å². The van der Waals surface area contributed by atoms with Crippen molar-refractivity contribution in [3.63, 3.8) is 0 Å². The smallest absolute Gasteiger partial charge is 0.139 e. The van der Waals surface area contributed by atoms with Crippen molar-refractivity contribution in [2.24, 2.45) is 5.73 Å². The van der Waals surface area contributed by atoms with Gasteiger partial charge in [0.15, 0.2) is 0 Å². The topological polar surface area (TPSA) is 66.0 Å². The highest BCUT2D eigenvalue weighted by molar-refractivity contribution is 6.00. The second-order valence-electron chi connectivity index (χ2n) is 5.93. The quantitative estimate of drug-likeness (QED) is 0.570. The van der Waals surface area contributed by atoms with E-state index in [9.17, 15) is 0 Å². The van der Waals surface area contributed by atoms with Crippen molar-refractivity contribution in [3.8, 4) is 0 Å². The lowest BCUT2D eigenvalue weighted by molar-refractivity contribution is 0.669. The molecule has 0 saturated carbocycles. The van der Waals surface area contributed by atoms with E-state index in [0.717, 1.165) is 50.2 Å². The van der Waals surface area contributed by atoms with E-state index in [2.05, 4.69) is 24.8 Å². The van der Waals surface area contributed by atoms with E-state index >= 15 is 0 Å². The summed E-state index contributed by atoms with van der Waals surface area (Å²) in [6.45, 7) is 6.42. The molecular formula is C17H28N4. The fourth-order valence-electron chi connectivity index (χ4n) is 2.92. The predicted molar refractivity (Wildman–Crippen MR) is 89.3 cm³/mol. The Hall–Kier alpha value is -1.58. The third kappa shape index (κ3) is 3.74. The fraction of sp³-hybridized carbons (Fsp3) is 0.647. The van der Waals surface area contributed by atoms with E-state index < -0.39 is 0 Å². The summed E-state index contributed by atoms with van der Waals surface area (Å²) in [6, 6.07) is 2.11. The number of pyridine rings is 1. The minimum Gasteiger partial charge on any atom is -0.384 e. The van der Waals surface area contributed by atoms with E-state index in [1.165, 1.54) is 30.5 Å². The van der Waals surface area contributed by atoms with Gasteiger partial charge in [0.25, 0.3) is 0 Å². The Labute approximate surface area is 128 Å². The van der Waals surface area contributed by atoms with Crippen LogP contribution in [0.4, 0.5) is 5.82 Å². The van der Waals surface area contributed by atoms with Crippen molar-refractivity contribution < 1.29 is 0 Å². The van der Waals surface area contributed by atoms with Crippen molar-refractivity contribution in [2.45, 2.75) is 58.8 Å². The van der Waals surface area contributed by atoms with E-state index in [1.807, 2.05) is 0 Å². The fourth-order valence-corrected chi connectivity index (χ4v) is 2.92. The number of nitrogen functional groups attached to an aromatic ring is 1. The molecule has 0 bridgehead atoms. The molecule has 1 aromatic heterocycles. The molecule has 0 aromatic carbocycles. The van der Waals surface area contributed by atoms with Gasteiger partial charge in [-0.3, -0.25) is 5.41 Å². The van der Waals surface area contributed by atoms with Crippen LogP contribution in [0.2, 0.25) is 0 Å². The first-order valence-electron chi connectivity index (χ1n) is 8.29. The number of hydrogen-bond donors (Lipinski definition) is 2.